The van der Waals surface area contributed by atoms with Gasteiger partial charge in [0.25, 0.3) is 0 Å². The maximum atomic E-state index is 11.5. The highest BCUT2D eigenvalue weighted by Crippen LogP contribution is 2.10. The lowest BCUT2D eigenvalue weighted by atomic mass is 10.1. The Morgan fingerprint density at radius 3 is 2.35 bits per heavy atom. The average molecular weight is 235 g/mol. The molecule has 1 aromatic rings. The van der Waals surface area contributed by atoms with Gasteiger partial charge in [-0.25, -0.2) is 14.4 Å². The molecular weight excluding hydrogens is 226 g/mol. The lowest BCUT2D eigenvalue weighted by Crippen LogP contribution is -2.17. The monoisotopic (exact) mass is 235 g/mol. The van der Waals surface area contributed by atoms with E-state index >= 15 is 0 Å². The molecule has 0 aromatic heterocycles. The molecule has 0 amide bonds. The van der Waals surface area contributed by atoms with Gasteiger partial charge in [0.15, 0.2) is 0 Å². The van der Waals surface area contributed by atoms with Gasteiger partial charge in [-0.2, -0.15) is 0 Å². The molecule has 0 radical (unpaired) electrons. The molecule has 0 spiro atoms. The van der Waals surface area contributed by atoms with Crippen molar-refractivity contribution in [1.82, 2.24) is 0 Å². The van der Waals surface area contributed by atoms with Crippen LogP contribution in [0.4, 0.5) is 0 Å². The summed E-state index contributed by atoms with van der Waals surface area (Å²) in [6, 6.07) is 5.45. The van der Waals surface area contributed by atoms with E-state index in [9.17, 15) is 14.4 Å². The Hall–Kier alpha value is -2.50. The van der Waals surface area contributed by atoms with Crippen LogP contribution in [-0.2, 0) is 9.53 Å². The van der Waals surface area contributed by atoms with Crippen LogP contribution in [0, 0.1) is 0 Å². The van der Waals surface area contributed by atoms with E-state index in [1.807, 2.05) is 0 Å². The molecular formula is C11H9NO5. The van der Waals surface area contributed by atoms with Crippen molar-refractivity contribution in [1.29, 1.82) is 0 Å². The van der Waals surface area contributed by atoms with Crippen LogP contribution in [-0.4, -0.2) is 36.3 Å². The van der Waals surface area contributed by atoms with Crippen molar-refractivity contribution in [3.8, 4) is 0 Å². The summed E-state index contributed by atoms with van der Waals surface area (Å²) in [4.78, 5) is 36.5. The number of esters is 2. The maximum Gasteiger partial charge on any atom is 0.346 e. The Bertz CT molecular complexity index is 481. The third-order valence-corrected chi connectivity index (χ3v) is 1.82. The molecule has 0 aliphatic carbocycles. The van der Waals surface area contributed by atoms with E-state index in [1.54, 1.807) is 0 Å². The fourth-order valence-corrected chi connectivity index (χ4v) is 1.13. The number of aromatic carboxylic acids is 1. The highest BCUT2D eigenvalue weighted by Gasteiger charge is 2.19. The quantitative estimate of drug-likeness (QED) is 0.472. The summed E-state index contributed by atoms with van der Waals surface area (Å²) in [7, 11) is 0. The van der Waals surface area contributed by atoms with Gasteiger partial charge in [0, 0.05) is 0 Å². The Balaban J connectivity index is 2.92. The first-order chi connectivity index (χ1) is 8.06. The number of benzene rings is 1. The van der Waals surface area contributed by atoms with Crippen LogP contribution in [0.3, 0.4) is 0 Å². The summed E-state index contributed by atoms with van der Waals surface area (Å²) >= 11 is 0. The first-order valence-electron chi connectivity index (χ1n) is 4.56. The van der Waals surface area contributed by atoms with Gasteiger partial charge in [-0.3, -0.25) is 4.99 Å². The van der Waals surface area contributed by atoms with Crippen molar-refractivity contribution in [2.75, 3.05) is 6.54 Å². The van der Waals surface area contributed by atoms with E-state index in [0.717, 1.165) is 0 Å². The summed E-state index contributed by atoms with van der Waals surface area (Å²) in [5.41, 5.74) is -0.408. The molecule has 6 heteroatoms. The second-order valence-corrected chi connectivity index (χ2v) is 2.99. The normalized spacial score (nSPS) is 9.41. The minimum atomic E-state index is -1.27. The zero-order chi connectivity index (χ0) is 12.8. The number of hydrogen-bond donors (Lipinski definition) is 1. The number of rotatable bonds is 4. The molecule has 1 rings (SSSR count). The number of hydrogen-bond acceptors (Lipinski definition) is 5. The predicted molar refractivity (Wildman–Crippen MR) is 58.2 cm³/mol. The fourth-order valence-electron chi connectivity index (χ4n) is 1.13. The number of carbonyl (C=O) groups is 3. The molecule has 0 saturated heterocycles. The Morgan fingerprint density at radius 2 is 1.82 bits per heavy atom. The van der Waals surface area contributed by atoms with Gasteiger partial charge in [0.05, 0.1) is 11.1 Å². The maximum absolute atomic E-state index is 11.5. The largest absolute Gasteiger partial charge is 0.478 e. The van der Waals surface area contributed by atoms with E-state index in [0.29, 0.717) is 0 Å². The summed E-state index contributed by atoms with van der Waals surface area (Å²) in [6.07, 6.45) is 0. The molecule has 88 valence electrons. The molecule has 0 aliphatic rings. The van der Waals surface area contributed by atoms with Crippen LogP contribution in [0.2, 0.25) is 0 Å². The van der Waals surface area contributed by atoms with E-state index < -0.39 is 17.9 Å². The highest BCUT2D eigenvalue weighted by molar-refractivity contribution is 6.05. The van der Waals surface area contributed by atoms with E-state index in [2.05, 4.69) is 16.4 Å². The first-order valence-corrected chi connectivity index (χ1v) is 4.56. The topological polar surface area (TPSA) is 93.0 Å². The van der Waals surface area contributed by atoms with E-state index in [1.165, 1.54) is 24.3 Å². The Kier molecular flexibility index (Phi) is 4.10. The number of carboxylic acids is 1. The number of carbonyl (C=O) groups excluding carboxylic acids is 2. The number of nitrogens with zero attached hydrogens (tertiary/aromatic N) is 1. The molecule has 17 heavy (non-hydrogen) atoms. The highest BCUT2D eigenvalue weighted by atomic mass is 16.6. The van der Waals surface area contributed by atoms with Crippen LogP contribution >= 0.6 is 0 Å². The van der Waals surface area contributed by atoms with Crippen LogP contribution in [0.1, 0.15) is 20.7 Å². The fraction of sp³-hybridized carbons (Fsp3) is 0.0909. The van der Waals surface area contributed by atoms with Crippen molar-refractivity contribution >= 4 is 24.6 Å². The van der Waals surface area contributed by atoms with Crippen molar-refractivity contribution in [3.63, 3.8) is 0 Å². The van der Waals surface area contributed by atoms with Crippen molar-refractivity contribution < 1.29 is 24.2 Å². The molecule has 0 heterocycles. The predicted octanol–water partition coefficient (Wildman–Crippen LogP) is 0.769. The average Bonchev–Trinajstić information content (AvgIpc) is 2.29. The summed E-state index contributed by atoms with van der Waals surface area (Å²) < 4.78 is 4.39. The lowest BCUT2D eigenvalue weighted by Gasteiger charge is -2.04. The summed E-state index contributed by atoms with van der Waals surface area (Å²) in [5.74, 6) is -3.17. The first kappa shape index (κ1) is 12.6. The SMILES string of the molecule is C=NCC(=O)OC(=O)c1ccccc1C(=O)O. The molecule has 0 aliphatic heterocycles. The zero-order valence-electron chi connectivity index (χ0n) is 8.75. The zero-order valence-corrected chi connectivity index (χ0v) is 8.75. The molecule has 0 bridgehead atoms. The summed E-state index contributed by atoms with van der Waals surface area (Å²) in [5, 5.41) is 8.83. The van der Waals surface area contributed by atoms with Gasteiger partial charge < -0.3 is 9.84 Å². The third-order valence-electron chi connectivity index (χ3n) is 1.82. The second kappa shape index (κ2) is 5.55. The van der Waals surface area contributed by atoms with Crippen LogP contribution in [0.15, 0.2) is 29.3 Å². The van der Waals surface area contributed by atoms with E-state index in [4.69, 9.17) is 5.11 Å². The van der Waals surface area contributed by atoms with Gasteiger partial charge in [-0.05, 0) is 18.9 Å². The minimum absolute atomic E-state index is 0.183. The lowest BCUT2D eigenvalue weighted by molar-refractivity contribution is -0.136. The molecule has 0 unspecified atom stereocenters. The molecule has 0 fully saturated rings. The van der Waals surface area contributed by atoms with Gasteiger partial charge in [-0.15, -0.1) is 0 Å². The van der Waals surface area contributed by atoms with Crippen molar-refractivity contribution in [2.24, 2.45) is 4.99 Å². The minimum Gasteiger partial charge on any atom is -0.478 e. The van der Waals surface area contributed by atoms with Crippen LogP contribution < -0.4 is 0 Å². The molecule has 0 saturated carbocycles. The summed E-state index contributed by atoms with van der Waals surface area (Å²) in [6.45, 7) is 2.71. The Morgan fingerprint density at radius 1 is 1.24 bits per heavy atom. The van der Waals surface area contributed by atoms with Crippen molar-refractivity contribution in [3.05, 3.63) is 35.4 Å². The molecule has 1 aromatic carbocycles. The standard InChI is InChI=1S/C11H9NO5/c1-12-6-9(13)17-11(16)8-5-3-2-4-7(8)10(14)15/h2-5H,1,6H2,(H,14,15). The number of carboxylic acid groups (broad SMARTS) is 1. The van der Waals surface area contributed by atoms with Crippen LogP contribution in [0.5, 0.6) is 0 Å². The molecule has 1 N–H and O–H groups in total. The Labute approximate surface area is 96.5 Å². The molecule has 0 atom stereocenters. The smallest absolute Gasteiger partial charge is 0.346 e. The van der Waals surface area contributed by atoms with Crippen LogP contribution in [0.25, 0.3) is 0 Å². The van der Waals surface area contributed by atoms with Crippen molar-refractivity contribution in [2.45, 2.75) is 0 Å². The van der Waals surface area contributed by atoms with Gasteiger partial charge in [0.2, 0.25) is 0 Å². The van der Waals surface area contributed by atoms with Gasteiger partial charge in [-0.1, -0.05) is 12.1 Å². The second-order valence-electron chi connectivity index (χ2n) is 2.99. The van der Waals surface area contributed by atoms with Gasteiger partial charge >= 0.3 is 17.9 Å². The van der Waals surface area contributed by atoms with E-state index in [-0.39, 0.29) is 17.7 Å². The van der Waals surface area contributed by atoms with Gasteiger partial charge in [0.1, 0.15) is 6.54 Å². The number of aliphatic imine (C=N–C) groups is 1. The number of ether oxygens (including phenoxy) is 1. The molecule has 6 nitrogen and oxygen atoms in total. The third kappa shape index (κ3) is 3.23.